The molecule has 1 aliphatic carbocycles. The van der Waals surface area contributed by atoms with Gasteiger partial charge in [0.1, 0.15) is 16.8 Å². The fourth-order valence-corrected chi connectivity index (χ4v) is 3.71. The third-order valence-electron chi connectivity index (χ3n) is 5.30. The normalized spacial score (nSPS) is 19.1. The van der Waals surface area contributed by atoms with Crippen molar-refractivity contribution < 1.29 is 0 Å². The first-order chi connectivity index (χ1) is 12.2. The number of hydrogen-bond acceptors (Lipinski definition) is 5. The van der Waals surface area contributed by atoms with E-state index in [9.17, 15) is 0 Å². The molecule has 1 saturated heterocycles. The van der Waals surface area contributed by atoms with Crippen molar-refractivity contribution in [1.82, 2.24) is 19.9 Å². The summed E-state index contributed by atoms with van der Waals surface area (Å²) >= 11 is 6.19. The smallest absolute Gasteiger partial charge is 0.133 e. The predicted octanol–water partition coefficient (Wildman–Crippen LogP) is 3.50. The van der Waals surface area contributed by atoms with Crippen LogP contribution < -0.4 is 4.90 Å². The molecule has 5 nitrogen and oxygen atoms in total. The van der Waals surface area contributed by atoms with Gasteiger partial charge in [0.2, 0.25) is 0 Å². The Hall–Kier alpha value is -1.72. The fraction of sp³-hybridized carbons (Fsp3) is 0.526. The van der Waals surface area contributed by atoms with Gasteiger partial charge in [-0.05, 0) is 37.8 Å². The number of pyridine rings is 1. The Morgan fingerprint density at radius 3 is 2.64 bits per heavy atom. The van der Waals surface area contributed by atoms with Crippen molar-refractivity contribution in [2.45, 2.75) is 44.2 Å². The molecule has 0 N–H and O–H groups in total. The highest BCUT2D eigenvalue weighted by atomic mass is 35.5. The SMILES string of the molecule is CN(c1ccnc(C2CC2)n1)C1CCN(Cc2cccnc2Cl)CC1. The van der Waals surface area contributed by atoms with E-state index < -0.39 is 0 Å². The molecular weight excluding hydrogens is 334 g/mol. The molecular formula is C19H24ClN5. The number of halogens is 1. The van der Waals surface area contributed by atoms with E-state index in [-0.39, 0.29) is 0 Å². The summed E-state index contributed by atoms with van der Waals surface area (Å²) in [4.78, 5) is 18.2. The van der Waals surface area contributed by atoms with Crippen LogP contribution in [-0.2, 0) is 6.54 Å². The van der Waals surface area contributed by atoms with Gasteiger partial charge in [0, 0.05) is 56.6 Å². The Morgan fingerprint density at radius 2 is 1.92 bits per heavy atom. The van der Waals surface area contributed by atoms with Crippen LogP contribution >= 0.6 is 11.6 Å². The molecule has 0 amide bonds. The molecule has 2 aliphatic rings. The molecule has 3 heterocycles. The monoisotopic (exact) mass is 357 g/mol. The zero-order valence-electron chi connectivity index (χ0n) is 14.6. The van der Waals surface area contributed by atoms with Crippen molar-refractivity contribution >= 4 is 17.4 Å². The first-order valence-electron chi connectivity index (χ1n) is 9.08. The summed E-state index contributed by atoms with van der Waals surface area (Å²) < 4.78 is 0. The molecule has 2 aromatic heterocycles. The highest BCUT2D eigenvalue weighted by molar-refractivity contribution is 6.30. The van der Waals surface area contributed by atoms with E-state index in [4.69, 9.17) is 16.6 Å². The average molecular weight is 358 g/mol. The van der Waals surface area contributed by atoms with Crippen LogP contribution in [0.15, 0.2) is 30.6 Å². The molecule has 0 aromatic carbocycles. The van der Waals surface area contributed by atoms with Gasteiger partial charge in [0.15, 0.2) is 0 Å². The molecule has 2 fully saturated rings. The van der Waals surface area contributed by atoms with Crippen molar-refractivity contribution in [3.8, 4) is 0 Å². The molecule has 0 spiro atoms. The third-order valence-corrected chi connectivity index (χ3v) is 5.64. The topological polar surface area (TPSA) is 45.2 Å². The number of hydrogen-bond donors (Lipinski definition) is 0. The van der Waals surface area contributed by atoms with Crippen molar-refractivity contribution in [2.75, 3.05) is 25.0 Å². The van der Waals surface area contributed by atoms with Crippen molar-refractivity contribution in [3.05, 3.63) is 47.1 Å². The lowest BCUT2D eigenvalue weighted by molar-refractivity contribution is 0.203. The van der Waals surface area contributed by atoms with Gasteiger partial charge in [0.25, 0.3) is 0 Å². The van der Waals surface area contributed by atoms with Crippen LogP contribution in [0.3, 0.4) is 0 Å². The lowest BCUT2D eigenvalue weighted by Gasteiger charge is -2.37. The van der Waals surface area contributed by atoms with Gasteiger partial charge in [0.05, 0.1) is 0 Å². The van der Waals surface area contributed by atoms with E-state index in [1.165, 1.54) is 12.8 Å². The maximum absolute atomic E-state index is 6.19. The largest absolute Gasteiger partial charge is 0.356 e. The Morgan fingerprint density at radius 1 is 1.12 bits per heavy atom. The molecule has 0 radical (unpaired) electrons. The van der Waals surface area contributed by atoms with Gasteiger partial charge in [-0.2, -0.15) is 0 Å². The van der Waals surface area contributed by atoms with Gasteiger partial charge in [-0.15, -0.1) is 0 Å². The van der Waals surface area contributed by atoms with E-state index in [0.29, 0.717) is 17.1 Å². The zero-order valence-corrected chi connectivity index (χ0v) is 15.4. The number of nitrogens with zero attached hydrogens (tertiary/aromatic N) is 5. The van der Waals surface area contributed by atoms with Crippen LogP contribution in [0.5, 0.6) is 0 Å². The maximum Gasteiger partial charge on any atom is 0.133 e. The quantitative estimate of drug-likeness (QED) is 0.766. The number of rotatable bonds is 5. The highest BCUT2D eigenvalue weighted by Gasteiger charge is 2.28. The summed E-state index contributed by atoms with van der Waals surface area (Å²) in [6.45, 7) is 3.02. The molecule has 132 valence electrons. The first kappa shape index (κ1) is 16.7. The van der Waals surface area contributed by atoms with Crippen LogP contribution in [0.1, 0.15) is 43.0 Å². The summed E-state index contributed by atoms with van der Waals surface area (Å²) in [5.41, 5.74) is 1.11. The summed E-state index contributed by atoms with van der Waals surface area (Å²) in [5, 5.41) is 0.621. The van der Waals surface area contributed by atoms with Crippen molar-refractivity contribution in [3.63, 3.8) is 0 Å². The Labute approximate surface area is 154 Å². The van der Waals surface area contributed by atoms with E-state index in [0.717, 1.165) is 49.7 Å². The molecule has 25 heavy (non-hydrogen) atoms. The molecule has 0 bridgehead atoms. The molecule has 0 unspecified atom stereocenters. The number of piperidine rings is 1. The Balaban J connectivity index is 1.35. The predicted molar refractivity (Wildman–Crippen MR) is 100.0 cm³/mol. The summed E-state index contributed by atoms with van der Waals surface area (Å²) in [6.07, 6.45) is 8.40. The molecule has 4 rings (SSSR count). The minimum Gasteiger partial charge on any atom is -0.356 e. The van der Waals surface area contributed by atoms with E-state index in [2.05, 4.69) is 32.9 Å². The second-order valence-corrected chi connectivity index (χ2v) is 7.48. The molecule has 1 aliphatic heterocycles. The average Bonchev–Trinajstić information content (AvgIpc) is 3.49. The number of anilines is 1. The van der Waals surface area contributed by atoms with E-state index in [1.807, 2.05) is 18.3 Å². The summed E-state index contributed by atoms with van der Waals surface area (Å²) in [6, 6.07) is 6.58. The number of likely N-dealkylation sites (tertiary alicyclic amines) is 1. The molecule has 1 saturated carbocycles. The van der Waals surface area contributed by atoms with Crippen LogP contribution in [0.2, 0.25) is 5.15 Å². The first-order valence-corrected chi connectivity index (χ1v) is 9.46. The molecule has 2 aromatic rings. The maximum atomic E-state index is 6.19. The molecule has 0 atom stereocenters. The van der Waals surface area contributed by atoms with Crippen LogP contribution in [0, 0.1) is 0 Å². The van der Waals surface area contributed by atoms with Gasteiger partial charge in [-0.1, -0.05) is 17.7 Å². The second-order valence-electron chi connectivity index (χ2n) is 7.12. The van der Waals surface area contributed by atoms with Crippen LogP contribution in [0.4, 0.5) is 5.82 Å². The minimum absolute atomic E-state index is 0.530. The summed E-state index contributed by atoms with van der Waals surface area (Å²) in [7, 11) is 2.16. The van der Waals surface area contributed by atoms with Gasteiger partial charge in [-0.3, -0.25) is 4.90 Å². The van der Waals surface area contributed by atoms with Crippen LogP contribution in [0.25, 0.3) is 0 Å². The Bertz CT molecular complexity index is 725. The standard InChI is InChI=1S/C19H24ClN5/c1-24(17-6-10-22-19(23-17)14-4-5-14)16-7-11-25(12-8-16)13-15-3-2-9-21-18(15)20/h2-3,6,9-10,14,16H,4-5,7-8,11-13H2,1H3. The highest BCUT2D eigenvalue weighted by Crippen LogP contribution is 2.38. The van der Waals surface area contributed by atoms with Gasteiger partial charge in [-0.25, -0.2) is 15.0 Å². The fourth-order valence-electron chi connectivity index (χ4n) is 3.53. The van der Waals surface area contributed by atoms with Crippen LogP contribution in [-0.4, -0.2) is 46.0 Å². The lowest BCUT2D eigenvalue weighted by atomic mass is 10.0. The van der Waals surface area contributed by atoms with E-state index >= 15 is 0 Å². The van der Waals surface area contributed by atoms with Gasteiger partial charge >= 0.3 is 0 Å². The van der Waals surface area contributed by atoms with Gasteiger partial charge < -0.3 is 4.90 Å². The third kappa shape index (κ3) is 3.93. The summed E-state index contributed by atoms with van der Waals surface area (Å²) in [5.74, 6) is 2.68. The van der Waals surface area contributed by atoms with Crippen molar-refractivity contribution in [2.24, 2.45) is 0 Å². The van der Waals surface area contributed by atoms with E-state index in [1.54, 1.807) is 6.20 Å². The minimum atomic E-state index is 0.530. The lowest BCUT2D eigenvalue weighted by Crippen LogP contribution is -2.43. The Kier molecular flexibility index (Phi) is 4.86. The second kappa shape index (κ2) is 7.26. The molecule has 6 heteroatoms. The zero-order chi connectivity index (χ0) is 17.2. The van der Waals surface area contributed by atoms with Crippen molar-refractivity contribution in [1.29, 1.82) is 0 Å². The number of aromatic nitrogens is 3.